The van der Waals surface area contributed by atoms with Gasteiger partial charge in [0, 0.05) is 23.5 Å². The molecule has 1 aliphatic heterocycles. The number of nitrogens with zero attached hydrogens (tertiary/aromatic N) is 1. The van der Waals surface area contributed by atoms with Gasteiger partial charge in [-0.1, -0.05) is 23.8 Å². The summed E-state index contributed by atoms with van der Waals surface area (Å²) in [6.07, 6.45) is 0.792. The highest BCUT2D eigenvalue weighted by molar-refractivity contribution is 7.12. The van der Waals surface area contributed by atoms with Crippen LogP contribution in [0.15, 0.2) is 60.0 Å². The number of benzene rings is 2. The van der Waals surface area contributed by atoms with Gasteiger partial charge in [0.25, 0.3) is 11.8 Å². The van der Waals surface area contributed by atoms with Gasteiger partial charge in [-0.05, 0) is 60.7 Å². The number of amides is 2. The van der Waals surface area contributed by atoms with Crippen molar-refractivity contribution in [3.8, 4) is 0 Å². The average molecular weight is 362 g/mol. The smallest absolute Gasteiger partial charge is 0.268 e. The monoisotopic (exact) mass is 362 g/mol. The topological polar surface area (TPSA) is 49.4 Å². The Morgan fingerprint density at radius 3 is 2.62 bits per heavy atom. The van der Waals surface area contributed by atoms with Crippen LogP contribution >= 0.6 is 11.3 Å². The van der Waals surface area contributed by atoms with Crippen molar-refractivity contribution in [3.05, 3.63) is 81.5 Å². The van der Waals surface area contributed by atoms with E-state index in [9.17, 15) is 9.59 Å². The predicted octanol–water partition coefficient (Wildman–Crippen LogP) is 4.51. The molecule has 3 aromatic rings. The predicted molar refractivity (Wildman–Crippen MR) is 105 cm³/mol. The molecule has 5 heteroatoms. The van der Waals surface area contributed by atoms with E-state index in [0.29, 0.717) is 12.1 Å². The number of rotatable bonds is 3. The SMILES string of the molecule is Cc1ccc(C(=O)Nc2ccc3c(c2)CCN3C(=O)c2cccs2)cc1. The molecule has 0 unspecified atom stereocenters. The van der Waals surface area contributed by atoms with Gasteiger partial charge < -0.3 is 10.2 Å². The number of anilines is 2. The molecule has 130 valence electrons. The molecule has 1 aromatic heterocycles. The molecular weight excluding hydrogens is 344 g/mol. The highest BCUT2D eigenvalue weighted by Gasteiger charge is 2.26. The minimum absolute atomic E-state index is 0.0372. The first-order chi connectivity index (χ1) is 12.6. The summed E-state index contributed by atoms with van der Waals surface area (Å²) in [7, 11) is 0. The van der Waals surface area contributed by atoms with Crippen LogP contribution in [0, 0.1) is 6.92 Å². The zero-order valence-corrected chi connectivity index (χ0v) is 15.2. The van der Waals surface area contributed by atoms with Gasteiger partial charge in [-0.25, -0.2) is 0 Å². The average Bonchev–Trinajstić information content (AvgIpc) is 3.31. The summed E-state index contributed by atoms with van der Waals surface area (Å²) >= 11 is 1.45. The Bertz CT molecular complexity index is 962. The highest BCUT2D eigenvalue weighted by atomic mass is 32.1. The molecule has 4 rings (SSSR count). The Balaban J connectivity index is 1.52. The minimum Gasteiger partial charge on any atom is -0.322 e. The summed E-state index contributed by atoms with van der Waals surface area (Å²) < 4.78 is 0. The second-order valence-electron chi connectivity index (χ2n) is 6.35. The van der Waals surface area contributed by atoms with Crippen LogP contribution < -0.4 is 10.2 Å². The summed E-state index contributed by atoms with van der Waals surface area (Å²) in [5.74, 6) is -0.0929. The molecule has 0 saturated carbocycles. The van der Waals surface area contributed by atoms with E-state index in [4.69, 9.17) is 0 Å². The largest absolute Gasteiger partial charge is 0.322 e. The molecule has 1 aliphatic rings. The maximum Gasteiger partial charge on any atom is 0.268 e. The van der Waals surface area contributed by atoms with Gasteiger partial charge in [0.05, 0.1) is 4.88 Å². The molecule has 0 fully saturated rings. The molecule has 26 heavy (non-hydrogen) atoms. The molecule has 0 radical (unpaired) electrons. The first-order valence-electron chi connectivity index (χ1n) is 8.48. The molecule has 0 bridgehead atoms. The summed E-state index contributed by atoms with van der Waals surface area (Å²) in [5, 5.41) is 4.85. The van der Waals surface area contributed by atoms with Crippen molar-refractivity contribution in [1.29, 1.82) is 0 Å². The summed E-state index contributed by atoms with van der Waals surface area (Å²) in [6, 6.07) is 16.9. The standard InChI is InChI=1S/C21H18N2O2S/c1-14-4-6-15(7-5-14)20(24)22-17-8-9-18-16(13-17)10-11-23(18)21(25)19-3-2-12-26-19/h2-9,12-13H,10-11H2,1H3,(H,22,24). The Hall–Kier alpha value is -2.92. The van der Waals surface area contributed by atoms with Crippen molar-refractivity contribution in [2.24, 2.45) is 0 Å². The lowest BCUT2D eigenvalue weighted by Crippen LogP contribution is -2.28. The quantitative estimate of drug-likeness (QED) is 0.745. The number of carbonyl (C=O) groups excluding carboxylic acids is 2. The maximum absolute atomic E-state index is 12.6. The van der Waals surface area contributed by atoms with Crippen LogP contribution in [0.3, 0.4) is 0 Å². The first kappa shape index (κ1) is 16.5. The second-order valence-corrected chi connectivity index (χ2v) is 7.30. The van der Waals surface area contributed by atoms with Crippen LogP contribution in [0.25, 0.3) is 0 Å². The van der Waals surface area contributed by atoms with Crippen molar-refractivity contribution in [3.63, 3.8) is 0 Å². The summed E-state index contributed by atoms with van der Waals surface area (Å²) in [6.45, 7) is 2.66. The van der Waals surface area contributed by atoms with Crippen molar-refractivity contribution in [2.45, 2.75) is 13.3 Å². The van der Waals surface area contributed by atoms with Crippen LogP contribution in [0.2, 0.25) is 0 Å². The summed E-state index contributed by atoms with van der Waals surface area (Å²) in [4.78, 5) is 27.5. The van der Waals surface area contributed by atoms with E-state index in [0.717, 1.165) is 33.8 Å². The molecule has 0 saturated heterocycles. The fraction of sp³-hybridized carbons (Fsp3) is 0.143. The van der Waals surface area contributed by atoms with Gasteiger partial charge in [0.15, 0.2) is 0 Å². The molecule has 0 aliphatic carbocycles. The third-order valence-corrected chi connectivity index (χ3v) is 5.38. The van der Waals surface area contributed by atoms with E-state index in [1.54, 1.807) is 0 Å². The molecule has 0 atom stereocenters. The Kier molecular flexibility index (Phi) is 4.31. The van der Waals surface area contributed by atoms with Gasteiger partial charge in [0.2, 0.25) is 0 Å². The number of carbonyl (C=O) groups is 2. The molecule has 2 aromatic carbocycles. The Morgan fingerprint density at radius 1 is 1.08 bits per heavy atom. The van der Waals surface area contributed by atoms with Gasteiger partial charge in [-0.15, -0.1) is 11.3 Å². The molecule has 0 spiro atoms. The zero-order chi connectivity index (χ0) is 18.1. The number of hydrogen-bond acceptors (Lipinski definition) is 3. The van der Waals surface area contributed by atoms with E-state index < -0.39 is 0 Å². The maximum atomic E-state index is 12.6. The van der Waals surface area contributed by atoms with Crippen LogP contribution in [0.1, 0.15) is 31.2 Å². The second kappa shape index (κ2) is 6.77. The highest BCUT2D eigenvalue weighted by Crippen LogP contribution is 2.32. The van der Waals surface area contributed by atoms with E-state index in [1.165, 1.54) is 11.3 Å². The van der Waals surface area contributed by atoms with Crippen LogP contribution in [-0.4, -0.2) is 18.4 Å². The van der Waals surface area contributed by atoms with Crippen molar-refractivity contribution >= 4 is 34.5 Å². The number of thiophene rings is 1. The molecule has 2 amide bonds. The first-order valence-corrected chi connectivity index (χ1v) is 9.36. The van der Waals surface area contributed by atoms with E-state index in [2.05, 4.69) is 5.32 Å². The minimum atomic E-state index is -0.130. The third-order valence-electron chi connectivity index (χ3n) is 4.52. The van der Waals surface area contributed by atoms with E-state index in [-0.39, 0.29) is 11.8 Å². The Labute approximate surface area is 156 Å². The van der Waals surface area contributed by atoms with Crippen molar-refractivity contribution in [1.82, 2.24) is 0 Å². The molecule has 1 N–H and O–H groups in total. The third kappa shape index (κ3) is 3.13. The fourth-order valence-corrected chi connectivity index (χ4v) is 3.80. The van der Waals surface area contributed by atoms with Gasteiger partial charge in [0.1, 0.15) is 0 Å². The Morgan fingerprint density at radius 2 is 1.88 bits per heavy atom. The normalized spacial score (nSPS) is 12.7. The zero-order valence-electron chi connectivity index (χ0n) is 14.4. The lowest BCUT2D eigenvalue weighted by molar-refractivity contribution is 0.0991. The van der Waals surface area contributed by atoms with E-state index in [1.807, 2.05) is 71.8 Å². The number of nitrogens with one attached hydrogen (secondary N) is 1. The van der Waals surface area contributed by atoms with Gasteiger partial charge in [-0.3, -0.25) is 9.59 Å². The number of aryl methyl sites for hydroxylation is 1. The fourth-order valence-electron chi connectivity index (χ4n) is 3.13. The molecule has 4 nitrogen and oxygen atoms in total. The van der Waals surface area contributed by atoms with Crippen molar-refractivity contribution < 1.29 is 9.59 Å². The van der Waals surface area contributed by atoms with Crippen LogP contribution in [-0.2, 0) is 6.42 Å². The lowest BCUT2D eigenvalue weighted by atomic mass is 10.1. The summed E-state index contributed by atoms with van der Waals surface area (Å²) in [5.41, 5.74) is 4.51. The molecular formula is C21H18N2O2S. The lowest BCUT2D eigenvalue weighted by Gasteiger charge is -2.16. The van der Waals surface area contributed by atoms with Crippen LogP contribution in [0.5, 0.6) is 0 Å². The van der Waals surface area contributed by atoms with E-state index >= 15 is 0 Å². The number of fused-ring (bicyclic) bond motifs is 1. The van der Waals surface area contributed by atoms with Crippen LogP contribution in [0.4, 0.5) is 11.4 Å². The number of hydrogen-bond donors (Lipinski definition) is 1. The van der Waals surface area contributed by atoms with Gasteiger partial charge in [-0.2, -0.15) is 0 Å². The molecule has 2 heterocycles. The van der Waals surface area contributed by atoms with Crippen molar-refractivity contribution in [2.75, 3.05) is 16.8 Å². The van der Waals surface area contributed by atoms with Gasteiger partial charge >= 0.3 is 0 Å².